The Morgan fingerprint density at radius 2 is 2.00 bits per heavy atom. The molecule has 6 nitrogen and oxygen atoms in total. The van der Waals surface area contributed by atoms with Crippen LogP contribution in [0.3, 0.4) is 0 Å². The van der Waals surface area contributed by atoms with Gasteiger partial charge < -0.3 is 14.8 Å². The molecule has 0 unspecified atom stereocenters. The number of aryl methyl sites for hydroxylation is 1. The molecule has 2 aromatic heterocycles. The Morgan fingerprint density at radius 1 is 1.21 bits per heavy atom. The molecular formula is C18H19N3O3. The van der Waals surface area contributed by atoms with Crippen molar-refractivity contribution in [2.24, 2.45) is 0 Å². The number of methoxy groups -OCH3 is 1. The fourth-order valence-electron chi connectivity index (χ4n) is 2.45. The molecule has 0 saturated heterocycles. The number of anilines is 1. The maximum atomic E-state index is 11.3. The van der Waals surface area contributed by atoms with E-state index < -0.39 is 0 Å². The van der Waals surface area contributed by atoms with Crippen LogP contribution in [0.5, 0.6) is 5.75 Å². The Balaban J connectivity index is 1.83. The van der Waals surface area contributed by atoms with E-state index in [2.05, 4.69) is 15.0 Å². The third-order valence-corrected chi connectivity index (χ3v) is 3.65. The Labute approximate surface area is 140 Å². The number of nitrogens with one attached hydrogen (secondary N) is 1. The number of ether oxygens (including phenoxy) is 2. The molecule has 24 heavy (non-hydrogen) atoms. The minimum absolute atomic E-state index is 0.0836. The van der Waals surface area contributed by atoms with E-state index in [4.69, 9.17) is 4.74 Å². The smallest absolute Gasteiger partial charge is 0.325 e. The molecule has 0 atom stereocenters. The summed E-state index contributed by atoms with van der Waals surface area (Å²) in [5.41, 5.74) is 2.58. The highest BCUT2D eigenvalue weighted by Crippen LogP contribution is 2.25. The van der Waals surface area contributed by atoms with Crippen molar-refractivity contribution < 1.29 is 14.3 Å². The van der Waals surface area contributed by atoms with E-state index in [0.717, 1.165) is 17.1 Å². The van der Waals surface area contributed by atoms with E-state index in [1.54, 1.807) is 0 Å². The summed E-state index contributed by atoms with van der Waals surface area (Å²) in [6.07, 6.45) is 1.88. The lowest BCUT2D eigenvalue weighted by Gasteiger charge is -2.09. The number of rotatable bonds is 6. The van der Waals surface area contributed by atoms with Crippen LogP contribution in [0.1, 0.15) is 11.3 Å². The molecule has 3 aromatic rings. The van der Waals surface area contributed by atoms with Gasteiger partial charge in [0, 0.05) is 6.20 Å². The number of aromatic nitrogens is 2. The molecule has 1 aromatic carbocycles. The molecule has 0 aliphatic rings. The molecule has 0 bridgehead atoms. The summed E-state index contributed by atoms with van der Waals surface area (Å²) in [7, 11) is 1.36. The highest BCUT2D eigenvalue weighted by Gasteiger charge is 2.13. The van der Waals surface area contributed by atoms with Gasteiger partial charge in [0.1, 0.15) is 19.0 Å². The number of nitrogens with zero attached hydrogens (tertiary/aromatic N) is 2. The van der Waals surface area contributed by atoms with Crippen LogP contribution in [0.25, 0.3) is 5.65 Å². The molecule has 0 aliphatic heterocycles. The van der Waals surface area contributed by atoms with Gasteiger partial charge >= 0.3 is 5.97 Å². The lowest BCUT2D eigenvalue weighted by molar-refractivity contribution is -0.138. The lowest BCUT2D eigenvalue weighted by Crippen LogP contribution is -2.16. The van der Waals surface area contributed by atoms with Gasteiger partial charge in [-0.3, -0.25) is 9.20 Å². The van der Waals surface area contributed by atoms with Gasteiger partial charge in [-0.05, 0) is 24.6 Å². The van der Waals surface area contributed by atoms with Crippen LogP contribution in [0, 0.1) is 6.92 Å². The van der Waals surface area contributed by atoms with Crippen LogP contribution in [0.15, 0.2) is 48.7 Å². The van der Waals surface area contributed by atoms with E-state index >= 15 is 0 Å². The van der Waals surface area contributed by atoms with E-state index in [1.165, 1.54) is 7.11 Å². The molecular weight excluding hydrogens is 306 g/mol. The van der Waals surface area contributed by atoms with Gasteiger partial charge in [0.25, 0.3) is 0 Å². The average molecular weight is 325 g/mol. The van der Waals surface area contributed by atoms with Crippen molar-refractivity contribution in [2.75, 3.05) is 19.0 Å². The first kappa shape index (κ1) is 15.9. The van der Waals surface area contributed by atoms with E-state index in [1.807, 2.05) is 60.0 Å². The van der Waals surface area contributed by atoms with E-state index in [-0.39, 0.29) is 12.5 Å². The number of carbonyl (C=O) groups excluding carboxylic acids is 1. The Kier molecular flexibility index (Phi) is 4.65. The number of imidazole rings is 1. The molecule has 1 N–H and O–H groups in total. The second-order valence-electron chi connectivity index (χ2n) is 5.32. The first-order valence-corrected chi connectivity index (χ1v) is 7.64. The third-order valence-electron chi connectivity index (χ3n) is 3.65. The summed E-state index contributed by atoms with van der Waals surface area (Å²) in [4.78, 5) is 15.9. The molecule has 6 heteroatoms. The Bertz CT molecular complexity index is 843. The highest BCUT2D eigenvalue weighted by molar-refractivity contribution is 5.75. The summed E-state index contributed by atoms with van der Waals surface area (Å²) in [6, 6.07) is 13.7. The summed E-state index contributed by atoms with van der Waals surface area (Å²) in [6.45, 7) is 2.44. The van der Waals surface area contributed by atoms with Crippen LogP contribution < -0.4 is 10.1 Å². The number of hydrogen-bond donors (Lipinski definition) is 1. The number of esters is 1. The normalized spacial score (nSPS) is 10.6. The maximum absolute atomic E-state index is 11.3. The SMILES string of the molecule is COC(=O)CNc1c(C)nc2c(OCc3ccccc3)cccn12. The van der Waals surface area contributed by atoms with Crippen molar-refractivity contribution in [2.45, 2.75) is 13.5 Å². The Hall–Kier alpha value is -3.02. The summed E-state index contributed by atoms with van der Waals surface area (Å²) in [5.74, 6) is 1.11. The van der Waals surface area contributed by atoms with E-state index in [0.29, 0.717) is 18.0 Å². The molecule has 3 rings (SSSR count). The first-order chi connectivity index (χ1) is 11.7. The van der Waals surface area contributed by atoms with Crippen LogP contribution in [-0.4, -0.2) is 29.0 Å². The minimum Gasteiger partial charge on any atom is -0.485 e. The van der Waals surface area contributed by atoms with Gasteiger partial charge in [-0.25, -0.2) is 4.98 Å². The van der Waals surface area contributed by atoms with Crippen molar-refractivity contribution >= 4 is 17.4 Å². The zero-order chi connectivity index (χ0) is 16.9. The minimum atomic E-state index is -0.333. The molecule has 0 fully saturated rings. The topological polar surface area (TPSA) is 64.9 Å². The van der Waals surface area contributed by atoms with Gasteiger partial charge in [-0.1, -0.05) is 30.3 Å². The largest absolute Gasteiger partial charge is 0.485 e. The molecule has 2 heterocycles. The zero-order valence-electron chi connectivity index (χ0n) is 13.7. The maximum Gasteiger partial charge on any atom is 0.325 e. The van der Waals surface area contributed by atoms with Crippen LogP contribution >= 0.6 is 0 Å². The average Bonchev–Trinajstić information content (AvgIpc) is 2.94. The fraction of sp³-hybridized carbons (Fsp3) is 0.222. The predicted molar refractivity (Wildman–Crippen MR) is 91.2 cm³/mol. The van der Waals surface area contributed by atoms with E-state index in [9.17, 15) is 4.79 Å². The van der Waals surface area contributed by atoms with Crippen molar-refractivity contribution in [3.8, 4) is 5.75 Å². The fourth-order valence-corrected chi connectivity index (χ4v) is 2.45. The number of pyridine rings is 1. The zero-order valence-corrected chi connectivity index (χ0v) is 13.7. The summed E-state index contributed by atoms with van der Waals surface area (Å²) < 4.78 is 12.4. The highest BCUT2D eigenvalue weighted by atomic mass is 16.5. The van der Waals surface area contributed by atoms with Crippen LogP contribution in [-0.2, 0) is 16.1 Å². The summed E-state index contributed by atoms with van der Waals surface area (Å²) in [5, 5.41) is 3.06. The van der Waals surface area contributed by atoms with Crippen LogP contribution in [0.4, 0.5) is 5.82 Å². The van der Waals surface area contributed by atoms with Crippen LogP contribution in [0.2, 0.25) is 0 Å². The second kappa shape index (κ2) is 7.04. The quantitative estimate of drug-likeness (QED) is 0.706. The molecule has 0 radical (unpaired) electrons. The number of benzene rings is 1. The van der Waals surface area contributed by atoms with Crippen molar-refractivity contribution in [1.82, 2.24) is 9.38 Å². The lowest BCUT2D eigenvalue weighted by atomic mass is 10.2. The standard InChI is InChI=1S/C18H19N3O3/c1-13-17(19-11-16(22)23-2)21-10-6-9-15(18(21)20-13)24-12-14-7-4-3-5-8-14/h3-10,19H,11-12H2,1-2H3. The third kappa shape index (κ3) is 3.32. The number of fused-ring (bicyclic) bond motifs is 1. The van der Waals surface area contributed by atoms with Gasteiger partial charge in [0.05, 0.1) is 12.8 Å². The molecule has 124 valence electrons. The van der Waals surface area contributed by atoms with Gasteiger partial charge in [0.2, 0.25) is 0 Å². The Morgan fingerprint density at radius 3 is 2.75 bits per heavy atom. The molecule has 0 spiro atoms. The number of carbonyl (C=O) groups is 1. The molecule has 0 saturated carbocycles. The van der Waals surface area contributed by atoms with Crippen molar-refractivity contribution in [3.05, 3.63) is 59.9 Å². The van der Waals surface area contributed by atoms with Gasteiger partial charge in [-0.2, -0.15) is 0 Å². The second-order valence-corrected chi connectivity index (χ2v) is 5.32. The van der Waals surface area contributed by atoms with Gasteiger partial charge in [0.15, 0.2) is 11.4 Å². The first-order valence-electron chi connectivity index (χ1n) is 7.64. The van der Waals surface area contributed by atoms with Crippen molar-refractivity contribution in [3.63, 3.8) is 0 Å². The van der Waals surface area contributed by atoms with Gasteiger partial charge in [-0.15, -0.1) is 0 Å². The number of hydrogen-bond acceptors (Lipinski definition) is 5. The molecule has 0 aliphatic carbocycles. The summed E-state index contributed by atoms with van der Waals surface area (Å²) >= 11 is 0. The monoisotopic (exact) mass is 325 g/mol. The van der Waals surface area contributed by atoms with Crippen molar-refractivity contribution in [1.29, 1.82) is 0 Å². The molecule has 0 amide bonds. The predicted octanol–water partition coefficient (Wildman–Crippen LogP) is 2.81.